The van der Waals surface area contributed by atoms with E-state index < -0.39 is 0 Å². The van der Waals surface area contributed by atoms with Crippen molar-refractivity contribution in [2.45, 2.75) is 26.1 Å². The second-order valence-corrected chi connectivity index (χ2v) is 7.77. The number of ether oxygens (including phenoxy) is 3. The third-order valence-electron chi connectivity index (χ3n) is 5.45. The van der Waals surface area contributed by atoms with E-state index in [2.05, 4.69) is 0 Å². The Kier molecular flexibility index (Phi) is 5.69. The van der Waals surface area contributed by atoms with Crippen LogP contribution >= 0.6 is 0 Å². The predicted molar refractivity (Wildman–Crippen MR) is 117 cm³/mol. The highest BCUT2D eigenvalue weighted by Gasteiger charge is 2.44. The van der Waals surface area contributed by atoms with Crippen molar-refractivity contribution < 1.29 is 23.8 Å². The molecule has 0 aromatic heterocycles. The van der Waals surface area contributed by atoms with Gasteiger partial charge in [-0.25, -0.2) is 4.90 Å². The van der Waals surface area contributed by atoms with Gasteiger partial charge in [-0.2, -0.15) is 0 Å². The van der Waals surface area contributed by atoms with Gasteiger partial charge in [-0.1, -0.05) is 30.3 Å². The maximum absolute atomic E-state index is 13.7. The van der Waals surface area contributed by atoms with E-state index in [9.17, 15) is 9.59 Å². The molecule has 2 aromatic rings. The van der Waals surface area contributed by atoms with Crippen LogP contribution in [0.5, 0.6) is 11.5 Å². The zero-order chi connectivity index (χ0) is 22.1. The number of methoxy groups -OCH3 is 2. The van der Waals surface area contributed by atoms with Gasteiger partial charge in [0.1, 0.15) is 17.2 Å². The number of carbonyl (C=O) groups is 2. The second kappa shape index (κ2) is 8.43. The molecule has 7 heteroatoms. The van der Waals surface area contributed by atoms with Gasteiger partial charge in [0, 0.05) is 31.3 Å². The summed E-state index contributed by atoms with van der Waals surface area (Å²) in [5, 5.41) is 0. The lowest BCUT2D eigenvalue weighted by Gasteiger charge is -2.37. The molecular weight excluding hydrogens is 396 g/mol. The van der Waals surface area contributed by atoms with E-state index in [4.69, 9.17) is 14.2 Å². The van der Waals surface area contributed by atoms with Crippen LogP contribution in [-0.2, 0) is 14.3 Å². The molecule has 31 heavy (non-hydrogen) atoms. The first-order valence-electron chi connectivity index (χ1n) is 10.2. The van der Waals surface area contributed by atoms with Crippen molar-refractivity contribution >= 4 is 23.1 Å². The number of carbonyl (C=O) groups excluding carboxylic acids is 2. The topological polar surface area (TPSA) is 68.3 Å². The highest BCUT2D eigenvalue weighted by molar-refractivity contribution is 6.45. The quantitative estimate of drug-likeness (QED) is 0.690. The van der Waals surface area contributed by atoms with Crippen LogP contribution in [0.4, 0.5) is 5.69 Å². The average Bonchev–Trinajstić information content (AvgIpc) is 3.03. The van der Waals surface area contributed by atoms with Crippen LogP contribution in [0, 0.1) is 0 Å². The van der Waals surface area contributed by atoms with Crippen molar-refractivity contribution in [1.29, 1.82) is 0 Å². The maximum Gasteiger partial charge on any atom is 0.282 e. The molecule has 0 saturated carbocycles. The fourth-order valence-electron chi connectivity index (χ4n) is 4.19. The van der Waals surface area contributed by atoms with E-state index >= 15 is 0 Å². The first kappa shape index (κ1) is 20.9. The number of rotatable bonds is 5. The molecule has 2 aliphatic heterocycles. The Morgan fingerprint density at radius 3 is 2.00 bits per heavy atom. The van der Waals surface area contributed by atoms with Gasteiger partial charge in [0.25, 0.3) is 11.8 Å². The third kappa shape index (κ3) is 3.88. The highest BCUT2D eigenvalue weighted by Crippen LogP contribution is 2.38. The van der Waals surface area contributed by atoms with Crippen molar-refractivity contribution in [1.82, 2.24) is 4.90 Å². The minimum absolute atomic E-state index is 0.0536. The van der Waals surface area contributed by atoms with E-state index in [-0.39, 0.29) is 24.0 Å². The summed E-state index contributed by atoms with van der Waals surface area (Å²) in [6.07, 6.45) is -0.107. The molecule has 2 heterocycles. The minimum Gasteiger partial charge on any atom is -0.497 e. The van der Waals surface area contributed by atoms with Crippen LogP contribution in [0.2, 0.25) is 0 Å². The van der Waals surface area contributed by atoms with Crippen molar-refractivity contribution in [3.63, 3.8) is 0 Å². The summed E-state index contributed by atoms with van der Waals surface area (Å²) >= 11 is 0. The molecule has 4 rings (SSSR count). The molecule has 0 aliphatic carbocycles. The molecule has 1 fully saturated rings. The molecule has 7 nitrogen and oxygen atoms in total. The van der Waals surface area contributed by atoms with Crippen LogP contribution in [0.1, 0.15) is 19.4 Å². The summed E-state index contributed by atoms with van der Waals surface area (Å²) in [6, 6.07) is 14.3. The normalized spacial score (nSPS) is 21.7. The van der Waals surface area contributed by atoms with E-state index in [0.717, 1.165) is 0 Å². The Bertz CT molecular complexity index is 1000. The summed E-state index contributed by atoms with van der Waals surface area (Å²) in [7, 11) is 3.06. The zero-order valence-electron chi connectivity index (χ0n) is 18.1. The summed E-state index contributed by atoms with van der Waals surface area (Å²) in [5.74, 6) is 0.269. The Morgan fingerprint density at radius 1 is 0.871 bits per heavy atom. The molecule has 0 spiro atoms. The molecule has 2 atom stereocenters. The molecule has 0 bridgehead atoms. The van der Waals surface area contributed by atoms with Crippen molar-refractivity contribution in [2.75, 3.05) is 32.2 Å². The third-order valence-corrected chi connectivity index (χ3v) is 5.45. The van der Waals surface area contributed by atoms with E-state index in [0.29, 0.717) is 47.1 Å². The summed E-state index contributed by atoms with van der Waals surface area (Å²) < 4.78 is 16.5. The number of nitrogens with zero attached hydrogens (tertiary/aromatic N) is 2. The minimum atomic E-state index is -0.367. The van der Waals surface area contributed by atoms with Crippen LogP contribution in [-0.4, -0.2) is 56.2 Å². The average molecular weight is 422 g/mol. The van der Waals surface area contributed by atoms with Gasteiger partial charge in [-0.05, 0) is 19.4 Å². The van der Waals surface area contributed by atoms with Gasteiger partial charge in [0.2, 0.25) is 0 Å². The van der Waals surface area contributed by atoms with Crippen molar-refractivity contribution in [3.8, 4) is 11.5 Å². The molecule has 0 radical (unpaired) electrons. The molecule has 2 aliphatic rings. The zero-order valence-corrected chi connectivity index (χ0v) is 18.1. The van der Waals surface area contributed by atoms with Gasteiger partial charge in [-0.3, -0.25) is 9.59 Å². The highest BCUT2D eigenvalue weighted by atomic mass is 16.5. The van der Waals surface area contributed by atoms with E-state index in [1.807, 2.05) is 49.1 Å². The second-order valence-electron chi connectivity index (χ2n) is 7.77. The largest absolute Gasteiger partial charge is 0.497 e. The van der Waals surface area contributed by atoms with Gasteiger partial charge >= 0.3 is 0 Å². The molecule has 0 N–H and O–H groups in total. The Hall–Kier alpha value is -3.32. The first-order chi connectivity index (χ1) is 14.9. The molecule has 162 valence electrons. The lowest BCUT2D eigenvalue weighted by Crippen LogP contribution is -2.47. The lowest BCUT2D eigenvalue weighted by atomic mass is 10.0. The number of hydrogen-bond acceptors (Lipinski definition) is 6. The van der Waals surface area contributed by atoms with Crippen LogP contribution in [0.15, 0.2) is 54.2 Å². The number of benzene rings is 2. The molecular formula is C24H26N2O5. The van der Waals surface area contributed by atoms with Crippen molar-refractivity contribution in [2.24, 2.45) is 0 Å². The number of hydrogen-bond donors (Lipinski definition) is 0. The monoisotopic (exact) mass is 422 g/mol. The maximum atomic E-state index is 13.7. The number of morpholine rings is 1. The first-order valence-corrected chi connectivity index (χ1v) is 10.2. The number of amides is 2. The summed E-state index contributed by atoms with van der Waals surface area (Å²) in [6.45, 7) is 5.00. The lowest BCUT2D eigenvalue weighted by molar-refractivity contribution is -0.121. The predicted octanol–water partition coefficient (Wildman–Crippen LogP) is 3.10. The summed E-state index contributed by atoms with van der Waals surface area (Å²) in [5.41, 5.74) is 1.91. The standard InChI is InChI=1S/C24H26N2O5/c1-15-13-25(14-16(2)31-15)22-21(17-8-6-5-7-9-17)23(27)26(24(22)28)18-10-19(29-3)12-20(11-18)30-4/h5-12,15-16H,13-14H2,1-4H3. The smallest absolute Gasteiger partial charge is 0.282 e. The number of anilines is 1. The molecule has 2 aromatic carbocycles. The van der Waals surface area contributed by atoms with Crippen LogP contribution in [0.25, 0.3) is 5.57 Å². The fraction of sp³-hybridized carbons (Fsp3) is 0.333. The van der Waals surface area contributed by atoms with Crippen LogP contribution in [0.3, 0.4) is 0 Å². The van der Waals surface area contributed by atoms with Crippen LogP contribution < -0.4 is 14.4 Å². The van der Waals surface area contributed by atoms with Gasteiger partial charge in [0.05, 0.1) is 37.7 Å². The van der Waals surface area contributed by atoms with Gasteiger partial charge < -0.3 is 19.1 Å². The van der Waals surface area contributed by atoms with E-state index in [1.165, 1.54) is 19.1 Å². The Balaban J connectivity index is 1.83. The Labute approximate surface area is 181 Å². The summed E-state index contributed by atoms with van der Waals surface area (Å²) in [4.78, 5) is 30.5. The van der Waals surface area contributed by atoms with E-state index in [1.54, 1.807) is 18.2 Å². The fourth-order valence-corrected chi connectivity index (χ4v) is 4.19. The number of imide groups is 1. The van der Waals surface area contributed by atoms with Crippen molar-refractivity contribution in [3.05, 3.63) is 59.8 Å². The molecule has 1 saturated heterocycles. The van der Waals surface area contributed by atoms with Gasteiger partial charge in [-0.15, -0.1) is 0 Å². The van der Waals surface area contributed by atoms with Gasteiger partial charge in [0.15, 0.2) is 0 Å². The molecule has 2 amide bonds. The SMILES string of the molecule is COc1cc(OC)cc(N2C(=O)C(c3ccccc3)=C(N3CC(C)OC(C)C3)C2=O)c1. The Morgan fingerprint density at radius 2 is 1.45 bits per heavy atom. The molecule has 2 unspecified atom stereocenters.